The van der Waals surface area contributed by atoms with Gasteiger partial charge in [-0.15, -0.1) is 0 Å². The first-order valence-electron chi connectivity index (χ1n) is 7.98. The van der Waals surface area contributed by atoms with Crippen LogP contribution in [0.15, 0.2) is 0 Å². The first kappa shape index (κ1) is 15.7. The van der Waals surface area contributed by atoms with Gasteiger partial charge in [-0.3, -0.25) is 9.59 Å². The molecule has 0 aromatic carbocycles. The Balaban J connectivity index is 1.49. The number of ether oxygens (including phenoxy) is 3. The molecule has 3 rings (SSSR count). The lowest BCUT2D eigenvalue weighted by Crippen LogP contribution is -2.40. The van der Waals surface area contributed by atoms with Crippen LogP contribution in [0.3, 0.4) is 0 Å². The summed E-state index contributed by atoms with van der Waals surface area (Å²) in [7, 11) is 1.59. The van der Waals surface area contributed by atoms with E-state index < -0.39 is 0 Å². The molecule has 1 spiro atoms. The van der Waals surface area contributed by atoms with Crippen LogP contribution in [0, 0.1) is 0 Å². The van der Waals surface area contributed by atoms with Crippen LogP contribution < -0.4 is 5.32 Å². The number of rotatable bonds is 4. The van der Waals surface area contributed by atoms with Gasteiger partial charge in [0.2, 0.25) is 5.91 Å². The molecule has 3 saturated heterocycles. The van der Waals surface area contributed by atoms with Crippen molar-refractivity contribution in [2.24, 2.45) is 0 Å². The third-order valence-electron chi connectivity index (χ3n) is 4.74. The molecule has 3 aliphatic heterocycles. The maximum Gasteiger partial charge on any atom is 0.251 e. The van der Waals surface area contributed by atoms with Crippen LogP contribution in [0.25, 0.3) is 0 Å². The van der Waals surface area contributed by atoms with Crippen molar-refractivity contribution in [3.05, 3.63) is 0 Å². The monoisotopic (exact) mass is 312 g/mol. The lowest BCUT2D eigenvalue weighted by atomic mass is 9.98. The van der Waals surface area contributed by atoms with E-state index in [1.165, 1.54) is 0 Å². The zero-order valence-electron chi connectivity index (χ0n) is 13.0. The standard InChI is InChI=1S/C15H24N2O5/c1-16-13(18)9-21-11-7-15(22-8-11)4-5-17(10-15)14(19)12-3-2-6-20-12/h11-12H,2-10H2,1H3,(H,16,18)/t11-,12-,15+/m0/s1. The molecule has 3 fully saturated rings. The molecule has 0 aliphatic carbocycles. The summed E-state index contributed by atoms with van der Waals surface area (Å²) in [6.07, 6.45) is 3.00. The highest BCUT2D eigenvalue weighted by Gasteiger charge is 2.48. The number of hydrogen-bond acceptors (Lipinski definition) is 5. The van der Waals surface area contributed by atoms with E-state index in [1.54, 1.807) is 7.05 Å². The van der Waals surface area contributed by atoms with Gasteiger partial charge in [0.15, 0.2) is 0 Å². The van der Waals surface area contributed by atoms with E-state index in [2.05, 4.69) is 5.32 Å². The molecular weight excluding hydrogens is 288 g/mol. The smallest absolute Gasteiger partial charge is 0.251 e. The molecule has 0 aromatic heterocycles. The van der Waals surface area contributed by atoms with Gasteiger partial charge in [0, 0.05) is 33.2 Å². The van der Waals surface area contributed by atoms with Crippen molar-refractivity contribution in [1.82, 2.24) is 10.2 Å². The number of amides is 2. The molecule has 0 unspecified atom stereocenters. The summed E-state index contributed by atoms with van der Waals surface area (Å²) in [6.45, 7) is 2.53. The topological polar surface area (TPSA) is 77.1 Å². The van der Waals surface area contributed by atoms with Crippen LogP contribution in [0.1, 0.15) is 25.7 Å². The molecule has 3 aliphatic rings. The summed E-state index contributed by atoms with van der Waals surface area (Å²) in [5.41, 5.74) is -0.304. The normalized spacial score (nSPS) is 34.5. The van der Waals surface area contributed by atoms with E-state index in [0.717, 1.165) is 25.7 Å². The van der Waals surface area contributed by atoms with E-state index in [1.807, 2.05) is 4.90 Å². The Morgan fingerprint density at radius 1 is 1.45 bits per heavy atom. The molecule has 0 saturated carbocycles. The summed E-state index contributed by atoms with van der Waals surface area (Å²) in [4.78, 5) is 25.5. The molecule has 3 heterocycles. The van der Waals surface area contributed by atoms with Gasteiger partial charge >= 0.3 is 0 Å². The molecule has 3 atom stereocenters. The number of likely N-dealkylation sites (N-methyl/N-ethyl adjacent to an activating group) is 1. The predicted octanol–water partition coefficient (Wildman–Crippen LogP) is -0.312. The van der Waals surface area contributed by atoms with Crippen LogP contribution in [0.2, 0.25) is 0 Å². The van der Waals surface area contributed by atoms with Crippen molar-refractivity contribution in [3.8, 4) is 0 Å². The predicted molar refractivity (Wildman–Crippen MR) is 77.3 cm³/mol. The Morgan fingerprint density at radius 2 is 2.32 bits per heavy atom. The second-order valence-corrected chi connectivity index (χ2v) is 6.32. The van der Waals surface area contributed by atoms with Crippen molar-refractivity contribution in [3.63, 3.8) is 0 Å². The van der Waals surface area contributed by atoms with E-state index in [-0.39, 0.29) is 36.2 Å². The highest BCUT2D eigenvalue weighted by atomic mass is 16.6. The van der Waals surface area contributed by atoms with Crippen LogP contribution in [0.5, 0.6) is 0 Å². The van der Waals surface area contributed by atoms with Gasteiger partial charge in [0.05, 0.1) is 18.3 Å². The first-order chi connectivity index (χ1) is 10.6. The molecule has 22 heavy (non-hydrogen) atoms. The fraction of sp³-hybridized carbons (Fsp3) is 0.867. The maximum absolute atomic E-state index is 12.4. The zero-order valence-corrected chi connectivity index (χ0v) is 13.0. The minimum atomic E-state index is -0.304. The lowest BCUT2D eigenvalue weighted by Gasteiger charge is -2.24. The van der Waals surface area contributed by atoms with Gasteiger partial charge in [0.25, 0.3) is 5.91 Å². The Hall–Kier alpha value is -1.18. The van der Waals surface area contributed by atoms with Crippen molar-refractivity contribution in [1.29, 1.82) is 0 Å². The van der Waals surface area contributed by atoms with Crippen molar-refractivity contribution >= 4 is 11.8 Å². The number of nitrogens with one attached hydrogen (secondary N) is 1. The lowest BCUT2D eigenvalue weighted by molar-refractivity contribution is -0.140. The summed E-state index contributed by atoms with van der Waals surface area (Å²) >= 11 is 0. The molecule has 7 nitrogen and oxygen atoms in total. The van der Waals surface area contributed by atoms with Gasteiger partial charge in [0.1, 0.15) is 12.7 Å². The van der Waals surface area contributed by atoms with Crippen molar-refractivity contribution in [2.45, 2.75) is 43.5 Å². The third-order valence-corrected chi connectivity index (χ3v) is 4.74. The van der Waals surface area contributed by atoms with Crippen LogP contribution in [-0.2, 0) is 23.8 Å². The second-order valence-electron chi connectivity index (χ2n) is 6.32. The SMILES string of the molecule is CNC(=O)CO[C@@H]1CO[C@]2(CCN(C(=O)[C@@H]3CCCO3)C2)C1. The quantitative estimate of drug-likeness (QED) is 0.770. The van der Waals surface area contributed by atoms with Crippen LogP contribution in [-0.4, -0.2) is 74.5 Å². The van der Waals surface area contributed by atoms with Crippen molar-refractivity contribution in [2.75, 3.05) is 40.0 Å². The molecule has 2 amide bonds. The number of likely N-dealkylation sites (tertiary alicyclic amines) is 1. The van der Waals surface area contributed by atoms with Crippen LogP contribution in [0.4, 0.5) is 0 Å². The van der Waals surface area contributed by atoms with E-state index in [0.29, 0.717) is 26.3 Å². The van der Waals surface area contributed by atoms with E-state index in [9.17, 15) is 9.59 Å². The Morgan fingerprint density at radius 3 is 3.05 bits per heavy atom. The molecule has 0 radical (unpaired) electrons. The number of hydrogen-bond donors (Lipinski definition) is 1. The fourth-order valence-electron chi connectivity index (χ4n) is 3.47. The highest BCUT2D eigenvalue weighted by molar-refractivity contribution is 5.81. The average molecular weight is 312 g/mol. The number of nitrogens with zero attached hydrogens (tertiary/aromatic N) is 1. The fourth-order valence-corrected chi connectivity index (χ4v) is 3.47. The minimum absolute atomic E-state index is 0.0547. The number of carbonyl (C=O) groups is 2. The molecule has 0 bridgehead atoms. The van der Waals surface area contributed by atoms with Crippen molar-refractivity contribution < 1.29 is 23.8 Å². The second kappa shape index (κ2) is 6.52. The van der Waals surface area contributed by atoms with Gasteiger partial charge in [-0.2, -0.15) is 0 Å². The summed E-state index contributed by atoms with van der Waals surface area (Å²) in [5.74, 6) is -0.0461. The zero-order chi connectivity index (χ0) is 15.6. The Kier molecular flexibility index (Phi) is 4.65. The van der Waals surface area contributed by atoms with Crippen LogP contribution >= 0.6 is 0 Å². The summed E-state index contributed by atoms with van der Waals surface area (Å²) < 4.78 is 17.0. The maximum atomic E-state index is 12.4. The van der Waals surface area contributed by atoms with E-state index in [4.69, 9.17) is 14.2 Å². The molecular formula is C15H24N2O5. The molecule has 0 aromatic rings. The average Bonchev–Trinajstić information content (AvgIpc) is 3.26. The molecule has 124 valence electrons. The first-order valence-corrected chi connectivity index (χ1v) is 7.98. The highest BCUT2D eigenvalue weighted by Crippen LogP contribution is 2.36. The molecule has 1 N–H and O–H groups in total. The van der Waals surface area contributed by atoms with Gasteiger partial charge in [-0.25, -0.2) is 0 Å². The van der Waals surface area contributed by atoms with Gasteiger partial charge in [-0.1, -0.05) is 0 Å². The Bertz CT molecular complexity index is 438. The van der Waals surface area contributed by atoms with Gasteiger partial charge < -0.3 is 24.4 Å². The summed E-state index contributed by atoms with van der Waals surface area (Å²) in [5, 5.41) is 2.53. The summed E-state index contributed by atoms with van der Waals surface area (Å²) in [6, 6.07) is 0. The Labute approximate surface area is 130 Å². The third kappa shape index (κ3) is 3.26. The largest absolute Gasteiger partial charge is 0.370 e. The minimum Gasteiger partial charge on any atom is -0.370 e. The number of carbonyl (C=O) groups excluding carboxylic acids is 2. The molecule has 7 heteroatoms. The van der Waals surface area contributed by atoms with Gasteiger partial charge in [-0.05, 0) is 19.3 Å². The van der Waals surface area contributed by atoms with E-state index >= 15 is 0 Å².